The summed E-state index contributed by atoms with van der Waals surface area (Å²) in [4.78, 5) is 24.8. The van der Waals surface area contributed by atoms with Gasteiger partial charge in [-0.15, -0.1) is 0 Å². The van der Waals surface area contributed by atoms with Crippen molar-refractivity contribution in [2.75, 3.05) is 6.61 Å². The Morgan fingerprint density at radius 2 is 1.97 bits per heavy atom. The Morgan fingerprint density at radius 3 is 2.65 bits per heavy atom. The third-order valence-electron chi connectivity index (χ3n) is 4.59. The standard InChI is InChI=1S/C22H25Cl2N3O4/c1-12-19-15(6-5-7-17(19)31-20(12)21(29)25-22(2,3)4)26-27-18(28)11-30-16-9-8-13(23)10-14(16)24/h8-10H,5-7,11H2,1-4H3,(H,25,29)(H,27,28)/b26-15+. The Balaban J connectivity index is 1.70. The van der Waals surface area contributed by atoms with Crippen molar-refractivity contribution in [2.24, 2.45) is 5.10 Å². The molecule has 0 aliphatic heterocycles. The van der Waals surface area contributed by atoms with Crippen molar-refractivity contribution in [3.63, 3.8) is 0 Å². The van der Waals surface area contributed by atoms with Crippen LogP contribution >= 0.6 is 23.2 Å². The number of nitrogens with one attached hydrogen (secondary N) is 2. The first-order chi connectivity index (χ1) is 14.5. The summed E-state index contributed by atoms with van der Waals surface area (Å²) in [6.45, 7) is 7.29. The molecule has 1 heterocycles. The van der Waals surface area contributed by atoms with Gasteiger partial charge in [0.15, 0.2) is 12.4 Å². The molecule has 1 aromatic heterocycles. The highest BCUT2D eigenvalue weighted by atomic mass is 35.5. The largest absolute Gasteiger partial charge is 0.482 e. The van der Waals surface area contributed by atoms with Gasteiger partial charge in [0, 0.05) is 28.1 Å². The fourth-order valence-corrected chi connectivity index (χ4v) is 3.75. The van der Waals surface area contributed by atoms with E-state index in [-0.39, 0.29) is 23.8 Å². The molecule has 1 aliphatic carbocycles. The number of halogens is 2. The van der Waals surface area contributed by atoms with Crippen molar-refractivity contribution >= 4 is 40.7 Å². The van der Waals surface area contributed by atoms with Crippen LogP contribution in [0.4, 0.5) is 0 Å². The summed E-state index contributed by atoms with van der Waals surface area (Å²) in [5.41, 5.74) is 4.31. The van der Waals surface area contributed by atoms with E-state index in [0.717, 1.165) is 12.0 Å². The van der Waals surface area contributed by atoms with Gasteiger partial charge in [-0.1, -0.05) is 23.2 Å². The van der Waals surface area contributed by atoms with Crippen molar-refractivity contribution in [1.29, 1.82) is 0 Å². The molecule has 2 amide bonds. The van der Waals surface area contributed by atoms with E-state index in [0.29, 0.717) is 45.7 Å². The molecule has 0 fully saturated rings. The molecule has 0 atom stereocenters. The van der Waals surface area contributed by atoms with Gasteiger partial charge < -0.3 is 14.5 Å². The molecular weight excluding hydrogens is 441 g/mol. The second-order valence-corrected chi connectivity index (χ2v) is 9.21. The molecule has 2 aromatic rings. The smallest absolute Gasteiger partial charge is 0.287 e. The molecule has 3 rings (SSSR count). The van der Waals surface area contributed by atoms with Crippen LogP contribution < -0.4 is 15.5 Å². The lowest BCUT2D eigenvalue weighted by Crippen LogP contribution is -2.40. The summed E-state index contributed by atoms with van der Waals surface area (Å²) in [6.07, 6.45) is 2.19. The number of fused-ring (bicyclic) bond motifs is 1. The summed E-state index contributed by atoms with van der Waals surface area (Å²) in [5.74, 6) is 0.643. The Kier molecular flexibility index (Phi) is 6.96. The number of carbonyl (C=O) groups is 2. The fourth-order valence-electron chi connectivity index (χ4n) is 3.29. The number of benzene rings is 1. The number of hydrazone groups is 1. The van der Waals surface area contributed by atoms with Crippen LogP contribution in [0.5, 0.6) is 5.75 Å². The second kappa shape index (κ2) is 9.32. The van der Waals surface area contributed by atoms with Gasteiger partial charge in [-0.05, 0) is 58.7 Å². The first-order valence-electron chi connectivity index (χ1n) is 9.93. The number of furan rings is 1. The second-order valence-electron chi connectivity index (χ2n) is 8.37. The summed E-state index contributed by atoms with van der Waals surface area (Å²) in [7, 11) is 0. The molecular formula is C22H25Cl2N3O4. The molecule has 2 N–H and O–H groups in total. The fraction of sp³-hybridized carbons (Fsp3) is 0.409. The van der Waals surface area contributed by atoms with Crippen molar-refractivity contribution in [3.05, 3.63) is 50.9 Å². The third kappa shape index (κ3) is 5.80. The number of hydrogen-bond donors (Lipinski definition) is 2. The SMILES string of the molecule is Cc1c(C(=O)NC(C)(C)C)oc2c1/C(=N/NC(=O)COc1ccc(Cl)cc1Cl)CCC2. The number of rotatable bonds is 5. The van der Waals surface area contributed by atoms with Crippen LogP contribution in [0.1, 0.15) is 61.1 Å². The monoisotopic (exact) mass is 465 g/mol. The topological polar surface area (TPSA) is 92.9 Å². The quantitative estimate of drug-likeness (QED) is 0.627. The Morgan fingerprint density at radius 1 is 1.23 bits per heavy atom. The minimum atomic E-state index is -0.433. The van der Waals surface area contributed by atoms with Crippen LogP contribution in [0, 0.1) is 6.92 Å². The average Bonchev–Trinajstić information content (AvgIpc) is 3.02. The molecule has 0 spiro atoms. The molecule has 1 aromatic carbocycles. The van der Waals surface area contributed by atoms with Crippen molar-refractivity contribution in [3.8, 4) is 5.75 Å². The third-order valence-corrected chi connectivity index (χ3v) is 5.12. The van der Waals surface area contributed by atoms with E-state index in [1.165, 1.54) is 6.07 Å². The molecule has 0 bridgehead atoms. The maximum atomic E-state index is 12.6. The van der Waals surface area contributed by atoms with Crippen molar-refractivity contribution in [1.82, 2.24) is 10.7 Å². The zero-order chi connectivity index (χ0) is 22.8. The first-order valence-corrected chi connectivity index (χ1v) is 10.7. The van der Waals surface area contributed by atoms with Crippen LogP contribution in [0.3, 0.4) is 0 Å². The molecule has 7 nitrogen and oxygen atoms in total. The number of aryl methyl sites for hydroxylation is 1. The van der Waals surface area contributed by atoms with Gasteiger partial charge in [-0.3, -0.25) is 9.59 Å². The summed E-state index contributed by atoms with van der Waals surface area (Å²) in [5, 5.41) is 7.98. The Labute approximate surface area is 191 Å². The molecule has 0 saturated carbocycles. The van der Waals surface area contributed by atoms with Gasteiger partial charge in [0.25, 0.3) is 11.8 Å². The van der Waals surface area contributed by atoms with E-state index < -0.39 is 5.91 Å². The van der Waals surface area contributed by atoms with Crippen LogP contribution in [0.15, 0.2) is 27.7 Å². The molecule has 166 valence electrons. The number of ether oxygens (including phenoxy) is 1. The molecule has 31 heavy (non-hydrogen) atoms. The zero-order valence-corrected chi connectivity index (χ0v) is 19.4. The zero-order valence-electron chi connectivity index (χ0n) is 17.9. The van der Waals surface area contributed by atoms with Crippen LogP contribution in [-0.4, -0.2) is 29.7 Å². The first kappa shape index (κ1) is 23.2. The van der Waals surface area contributed by atoms with Crippen LogP contribution in [0.25, 0.3) is 0 Å². The van der Waals surface area contributed by atoms with Gasteiger partial charge in [-0.25, -0.2) is 5.43 Å². The van der Waals surface area contributed by atoms with Gasteiger partial charge in [-0.2, -0.15) is 5.10 Å². The maximum Gasteiger partial charge on any atom is 0.287 e. The lowest BCUT2D eigenvalue weighted by molar-refractivity contribution is -0.123. The van der Waals surface area contributed by atoms with E-state index in [1.807, 2.05) is 27.7 Å². The van der Waals surface area contributed by atoms with Crippen molar-refractivity contribution in [2.45, 2.75) is 52.5 Å². The van der Waals surface area contributed by atoms with Gasteiger partial charge in [0.1, 0.15) is 11.5 Å². The molecule has 0 saturated heterocycles. The molecule has 0 unspecified atom stereocenters. The number of nitrogens with zero attached hydrogens (tertiary/aromatic N) is 1. The lowest BCUT2D eigenvalue weighted by atomic mass is 9.93. The molecule has 9 heteroatoms. The number of carbonyl (C=O) groups excluding carboxylic acids is 2. The molecule has 1 aliphatic rings. The summed E-state index contributed by atoms with van der Waals surface area (Å²) >= 11 is 11.9. The van der Waals surface area contributed by atoms with E-state index in [2.05, 4.69) is 15.8 Å². The average molecular weight is 466 g/mol. The van der Waals surface area contributed by atoms with Crippen molar-refractivity contribution < 1.29 is 18.7 Å². The predicted octanol–water partition coefficient (Wildman–Crippen LogP) is 4.66. The van der Waals surface area contributed by atoms with Gasteiger partial charge >= 0.3 is 0 Å². The van der Waals surface area contributed by atoms with Gasteiger partial charge in [0.2, 0.25) is 0 Å². The maximum absolute atomic E-state index is 12.6. The lowest BCUT2D eigenvalue weighted by Gasteiger charge is -2.19. The minimum absolute atomic E-state index is 0.255. The highest BCUT2D eigenvalue weighted by Crippen LogP contribution is 2.30. The van der Waals surface area contributed by atoms with Crippen LogP contribution in [-0.2, 0) is 11.2 Å². The Bertz CT molecular complexity index is 1040. The number of amides is 2. The van der Waals surface area contributed by atoms with E-state index in [9.17, 15) is 9.59 Å². The highest BCUT2D eigenvalue weighted by molar-refractivity contribution is 6.35. The van der Waals surface area contributed by atoms with E-state index >= 15 is 0 Å². The molecule has 0 radical (unpaired) electrons. The predicted molar refractivity (Wildman–Crippen MR) is 120 cm³/mol. The van der Waals surface area contributed by atoms with Crippen LogP contribution in [0.2, 0.25) is 10.0 Å². The minimum Gasteiger partial charge on any atom is -0.482 e. The van der Waals surface area contributed by atoms with Gasteiger partial charge in [0.05, 0.1) is 10.7 Å². The summed E-state index contributed by atoms with van der Waals surface area (Å²) in [6, 6.07) is 4.75. The summed E-state index contributed by atoms with van der Waals surface area (Å²) < 4.78 is 11.3. The van der Waals surface area contributed by atoms with E-state index in [1.54, 1.807) is 12.1 Å². The number of hydrogen-bond acceptors (Lipinski definition) is 5. The Hall–Kier alpha value is -2.51. The normalized spacial score (nSPS) is 14.8. The van der Waals surface area contributed by atoms with E-state index in [4.69, 9.17) is 32.4 Å². The highest BCUT2D eigenvalue weighted by Gasteiger charge is 2.29.